The van der Waals surface area contributed by atoms with Gasteiger partial charge in [-0.1, -0.05) is 12.1 Å². The smallest absolute Gasteiger partial charge is 0.224 e. The fraction of sp³-hybridized carbons (Fsp3) is 0.0833. The maximum atomic E-state index is 8.67. The average Bonchev–Trinajstić information content (AvgIpc) is 2.37. The normalized spacial score (nSPS) is 9.65. The summed E-state index contributed by atoms with van der Waals surface area (Å²) in [7, 11) is 0. The molecular weight excluding hydrogens is 236 g/mol. The molecule has 2 aromatic rings. The maximum Gasteiger partial charge on any atom is 0.224 e. The summed E-state index contributed by atoms with van der Waals surface area (Å²) in [5, 5.41) is 12.0. The van der Waals surface area contributed by atoms with Crippen molar-refractivity contribution in [1.82, 2.24) is 9.97 Å². The van der Waals surface area contributed by atoms with Crippen LogP contribution in [0.2, 0.25) is 5.28 Å². The molecule has 0 saturated heterocycles. The molecular formula is C12H9ClN4. The molecule has 0 radical (unpaired) electrons. The number of nitrogens with zero attached hydrogens (tertiary/aromatic N) is 3. The molecule has 0 spiro atoms. The summed E-state index contributed by atoms with van der Waals surface area (Å²) in [6, 6.07) is 11.2. The van der Waals surface area contributed by atoms with Crippen LogP contribution < -0.4 is 5.32 Å². The number of nitriles is 1. The molecule has 2 rings (SSSR count). The molecule has 1 N–H and O–H groups in total. The van der Waals surface area contributed by atoms with Crippen molar-refractivity contribution in [2.24, 2.45) is 0 Å². The van der Waals surface area contributed by atoms with Crippen molar-refractivity contribution in [3.05, 3.63) is 52.9 Å². The van der Waals surface area contributed by atoms with E-state index in [1.54, 1.807) is 24.4 Å². The van der Waals surface area contributed by atoms with Crippen LogP contribution in [0, 0.1) is 11.3 Å². The van der Waals surface area contributed by atoms with Crippen LogP contribution in [0.25, 0.3) is 0 Å². The summed E-state index contributed by atoms with van der Waals surface area (Å²) in [6.45, 7) is 0.624. The second-order valence-corrected chi connectivity index (χ2v) is 3.71. The molecule has 17 heavy (non-hydrogen) atoms. The molecule has 4 nitrogen and oxygen atoms in total. The molecule has 0 saturated carbocycles. The van der Waals surface area contributed by atoms with Crippen LogP contribution in [0.1, 0.15) is 11.1 Å². The van der Waals surface area contributed by atoms with Gasteiger partial charge in [0.25, 0.3) is 0 Å². The van der Waals surface area contributed by atoms with E-state index in [1.165, 1.54) is 0 Å². The van der Waals surface area contributed by atoms with Crippen LogP contribution in [0.3, 0.4) is 0 Å². The van der Waals surface area contributed by atoms with Crippen molar-refractivity contribution >= 4 is 17.4 Å². The predicted molar refractivity (Wildman–Crippen MR) is 65.5 cm³/mol. The number of hydrogen-bond donors (Lipinski definition) is 1. The number of hydrogen-bond acceptors (Lipinski definition) is 4. The molecule has 0 aliphatic heterocycles. The summed E-state index contributed by atoms with van der Waals surface area (Å²) < 4.78 is 0. The van der Waals surface area contributed by atoms with E-state index in [0.29, 0.717) is 17.9 Å². The Balaban J connectivity index is 2.00. The Morgan fingerprint density at radius 2 is 2.00 bits per heavy atom. The molecule has 0 amide bonds. The molecule has 0 bridgehead atoms. The van der Waals surface area contributed by atoms with E-state index in [2.05, 4.69) is 21.4 Å². The van der Waals surface area contributed by atoms with Crippen LogP contribution in [0.5, 0.6) is 0 Å². The highest BCUT2D eigenvalue weighted by molar-refractivity contribution is 6.28. The van der Waals surface area contributed by atoms with Crippen molar-refractivity contribution in [2.75, 3.05) is 5.32 Å². The third kappa shape index (κ3) is 3.16. The predicted octanol–water partition coefficient (Wildman–Crippen LogP) is 2.61. The van der Waals surface area contributed by atoms with E-state index >= 15 is 0 Å². The standard InChI is InChI=1S/C12H9ClN4/c13-12-15-6-5-11(17-12)16-8-10-3-1-9(7-14)2-4-10/h1-6H,8H2,(H,15,16,17). The zero-order valence-corrected chi connectivity index (χ0v) is 9.65. The fourth-order valence-corrected chi connectivity index (χ4v) is 1.47. The second-order valence-electron chi connectivity index (χ2n) is 3.37. The van der Waals surface area contributed by atoms with E-state index in [0.717, 1.165) is 5.56 Å². The lowest BCUT2D eigenvalue weighted by molar-refractivity contribution is 1.08. The molecule has 5 heteroatoms. The number of benzene rings is 1. The Morgan fingerprint density at radius 3 is 2.65 bits per heavy atom. The van der Waals surface area contributed by atoms with Gasteiger partial charge in [0.2, 0.25) is 5.28 Å². The summed E-state index contributed by atoms with van der Waals surface area (Å²) in [4.78, 5) is 7.81. The first-order chi connectivity index (χ1) is 8.28. The minimum absolute atomic E-state index is 0.217. The zero-order chi connectivity index (χ0) is 12.1. The van der Waals surface area contributed by atoms with Crippen LogP contribution in [0.15, 0.2) is 36.5 Å². The zero-order valence-electron chi connectivity index (χ0n) is 8.89. The van der Waals surface area contributed by atoms with Gasteiger partial charge in [-0.15, -0.1) is 0 Å². The molecule has 1 aromatic heterocycles. The highest BCUT2D eigenvalue weighted by Crippen LogP contribution is 2.09. The number of aromatic nitrogens is 2. The van der Waals surface area contributed by atoms with Crippen molar-refractivity contribution in [2.45, 2.75) is 6.54 Å². The van der Waals surface area contributed by atoms with E-state index in [1.807, 2.05) is 12.1 Å². The molecule has 0 atom stereocenters. The Hall–Kier alpha value is -2.12. The van der Waals surface area contributed by atoms with Crippen LogP contribution >= 0.6 is 11.6 Å². The van der Waals surface area contributed by atoms with Gasteiger partial charge in [0, 0.05) is 12.7 Å². The van der Waals surface area contributed by atoms with Crippen molar-refractivity contribution in [3.8, 4) is 6.07 Å². The van der Waals surface area contributed by atoms with Gasteiger partial charge in [0.15, 0.2) is 0 Å². The largest absolute Gasteiger partial charge is 0.366 e. The summed E-state index contributed by atoms with van der Waals surface area (Å²) >= 11 is 5.67. The SMILES string of the molecule is N#Cc1ccc(CNc2ccnc(Cl)n2)cc1. The highest BCUT2D eigenvalue weighted by atomic mass is 35.5. The molecule has 0 fully saturated rings. The summed E-state index contributed by atoms with van der Waals surface area (Å²) in [5.41, 5.74) is 1.72. The van der Waals surface area contributed by atoms with Gasteiger partial charge >= 0.3 is 0 Å². The highest BCUT2D eigenvalue weighted by Gasteiger charge is 1.97. The number of anilines is 1. The van der Waals surface area contributed by atoms with Crippen LogP contribution in [0.4, 0.5) is 5.82 Å². The second kappa shape index (κ2) is 5.28. The molecule has 1 aromatic carbocycles. The molecule has 1 heterocycles. The average molecular weight is 245 g/mol. The molecule has 0 aliphatic rings. The Kier molecular flexibility index (Phi) is 3.53. The van der Waals surface area contributed by atoms with Gasteiger partial charge in [0.05, 0.1) is 11.6 Å². The van der Waals surface area contributed by atoms with Gasteiger partial charge < -0.3 is 5.32 Å². The maximum absolute atomic E-state index is 8.67. The van der Waals surface area contributed by atoms with Crippen molar-refractivity contribution in [1.29, 1.82) is 5.26 Å². The molecule has 0 unspecified atom stereocenters. The number of rotatable bonds is 3. The summed E-state index contributed by atoms with van der Waals surface area (Å²) in [6.07, 6.45) is 1.59. The van der Waals surface area contributed by atoms with E-state index < -0.39 is 0 Å². The van der Waals surface area contributed by atoms with E-state index in [4.69, 9.17) is 16.9 Å². The lowest BCUT2D eigenvalue weighted by atomic mass is 10.1. The monoisotopic (exact) mass is 244 g/mol. The lowest BCUT2D eigenvalue weighted by Gasteiger charge is -2.05. The van der Waals surface area contributed by atoms with Crippen LogP contribution in [-0.4, -0.2) is 9.97 Å². The van der Waals surface area contributed by atoms with Crippen molar-refractivity contribution in [3.63, 3.8) is 0 Å². The first-order valence-electron chi connectivity index (χ1n) is 4.99. The molecule has 0 aliphatic carbocycles. The minimum Gasteiger partial charge on any atom is -0.366 e. The number of nitrogens with one attached hydrogen (secondary N) is 1. The molecule has 84 valence electrons. The van der Waals surface area contributed by atoms with Crippen LogP contribution in [-0.2, 0) is 6.54 Å². The lowest BCUT2D eigenvalue weighted by Crippen LogP contribution is -2.01. The van der Waals surface area contributed by atoms with Gasteiger partial charge in [0.1, 0.15) is 5.82 Å². The first-order valence-corrected chi connectivity index (χ1v) is 5.37. The Morgan fingerprint density at radius 1 is 1.24 bits per heavy atom. The van der Waals surface area contributed by atoms with Gasteiger partial charge in [-0.2, -0.15) is 5.26 Å². The van der Waals surface area contributed by atoms with Gasteiger partial charge in [-0.25, -0.2) is 9.97 Å². The third-order valence-corrected chi connectivity index (χ3v) is 2.36. The minimum atomic E-state index is 0.217. The van der Waals surface area contributed by atoms with E-state index in [-0.39, 0.29) is 5.28 Å². The quantitative estimate of drug-likeness (QED) is 0.843. The van der Waals surface area contributed by atoms with Gasteiger partial charge in [-0.3, -0.25) is 0 Å². The topological polar surface area (TPSA) is 61.6 Å². The number of halogens is 1. The van der Waals surface area contributed by atoms with Gasteiger partial charge in [-0.05, 0) is 35.4 Å². The third-order valence-electron chi connectivity index (χ3n) is 2.18. The first kappa shape index (κ1) is 11.4. The summed E-state index contributed by atoms with van der Waals surface area (Å²) in [5.74, 6) is 0.675. The Labute approximate surface area is 104 Å². The van der Waals surface area contributed by atoms with E-state index in [9.17, 15) is 0 Å². The van der Waals surface area contributed by atoms with Crippen molar-refractivity contribution < 1.29 is 0 Å². The Bertz CT molecular complexity index is 545. The fourth-order valence-electron chi connectivity index (χ4n) is 1.32.